The van der Waals surface area contributed by atoms with E-state index in [0.717, 1.165) is 38.1 Å². The number of carbonyl (C=O) groups excluding carboxylic acids is 1. The second-order valence-electron chi connectivity index (χ2n) is 11.1. The first-order chi connectivity index (χ1) is 21.1. The zero-order valence-corrected chi connectivity index (χ0v) is 24.4. The fourth-order valence-electron chi connectivity index (χ4n) is 5.39. The molecule has 2 aromatic carbocycles. The van der Waals surface area contributed by atoms with E-state index in [1.165, 1.54) is 35.3 Å². The molecule has 1 aliphatic rings. The van der Waals surface area contributed by atoms with Gasteiger partial charge in [-0.1, -0.05) is 6.07 Å². The number of likely N-dealkylation sites (tertiary alicyclic amines) is 1. The van der Waals surface area contributed by atoms with Crippen LogP contribution in [0.3, 0.4) is 0 Å². The molecule has 1 aliphatic heterocycles. The summed E-state index contributed by atoms with van der Waals surface area (Å²) in [4.78, 5) is 22.9. The van der Waals surface area contributed by atoms with E-state index in [1.54, 1.807) is 19.1 Å². The van der Waals surface area contributed by atoms with Gasteiger partial charge in [-0.15, -0.1) is 0 Å². The summed E-state index contributed by atoms with van der Waals surface area (Å²) in [6, 6.07) is 9.88. The van der Waals surface area contributed by atoms with E-state index >= 15 is 0 Å². The van der Waals surface area contributed by atoms with E-state index in [2.05, 4.69) is 33.8 Å². The molecule has 12 heteroatoms. The number of benzene rings is 2. The maximum Gasteiger partial charge on any atom is 0.219 e. The van der Waals surface area contributed by atoms with Crippen molar-refractivity contribution in [1.82, 2.24) is 24.6 Å². The van der Waals surface area contributed by atoms with Crippen LogP contribution in [0.15, 0.2) is 54.9 Å². The van der Waals surface area contributed by atoms with Gasteiger partial charge in [0.15, 0.2) is 23.2 Å². The van der Waals surface area contributed by atoms with E-state index < -0.39 is 29.0 Å². The largest absolute Gasteiger partial charge is 0.487 e. The first kappa shape index (κ1) is 29.2. The topological polar surface area (TPSA) is 111 Å². The Morgan fingerprint density at radius 2 is 1.77 bits per heavy atom. The fraction of sp³-hybridized carbons (Fsp3) is 0.281. The second kappa shape index (κ2) is 11.7. The molecular formula is C32H31F3N6O3. The number of anilines is 1. The number of fused-ring (bicyclic) bond motifs is 1. The van der Waals surface area contributed by atoms with Crippen LogP contribution < -0.4 is 15.2 Å². The molecule has 5 aromatic rings. The van der Waals surface area contributed by atoms with Crippen molar-refractivity contribution in [3.63, 3.8) is 0 Å². The Bertz CT molecular complexity index is 1840. The SMILES string of the molecule is Cc1cc(Oc2c(F)cccc2F)ncc1-n1ncc(C(=O)c2cc3cc(OC4CCN(C(C)C)CC4)c(F)cc3[nH]2)c1N. The van der Waals surface area contributed by atoms with Crippen molar-refractivity contribution in [1.29, 1.82) is 0 Å². The third kappa shape index (κ3) is 5.60. The number of para-hydroxylation sites is 1. The van der Waals surface area contributed by atoms with Gasteiger partial charge in [0.2, 0.25) is 17.4 Å². The number of hydrogen-bond acceptors (Lipinski definition) is 7. The Morgan fingerprint density at radius 3 is 2.45 bits per heavy atom. The summed E-state index contributed by atoms with van der Waals surface area (Å²) in [5, 5.41) is 4.89. The lowest BCUT2D eigenvalue weighted by Gasteiger charge is -2.34. The zero-order valence-electron chi connectivity index (χ0n) is 24.4. The molecule has 0 spiro atoms. The van der Waals surface area contributed by atoms with E-state index in [-0.39, 0.29) is 34.8 Å². The van der Waals surface area contributed by atoms with Gasteiger partial charge in [0, 0.05) is 42.2 Å². The first-order valence-electron chi connectivity index (χ1n) is 14.3. The monoisotopic (exact) mass is 604 g/mol. The standard InChI is InChI=1S/C32H31F3N6O3/c1-17(2)40-9-7-20(8-10-40)43-28-13-19-12-26(39-25(19)14-24(28)35)30(42)21-15-38-41(32(21)36)27-16-37-29(11-18(27)3)44-31-22(33)5-4-6-23(31)34/h4-6,11-17,20,39H,7-10,36H2,1-3H3. The van der Waals surface area contributed by atoms with Gasteiger partial charge < -0.3 is 25.1 Å². The number of nitrogens with one attached hydrogen (secondary N) is 1. The van der Waals surface area contributed by atoms with Crippen molar-refractivity contribution in [3.05, 3.63) is 89.1 Å². The lowest BCUT2D eigenvalue weighted by Crippen LogP contribution is -2.41. The number of piperidine rings is 1. The summed E-state index contributed by atoms with van der Waals surface area (Å²) in [5.41, 5.74) is 8.12. The van der Waals surface area contributed by atoms with Crippen molar-refractivity contribution < 1.29 is 27.4 Å². The number of pyridine rings is 1. The number of nitrogens with zero attached hydrogens (tertiary/aromatic N) is 4. The van der Waals surface area contributed by atoms with Gasteiger partial charge in [-0.2, -0.15) is 5.10 Å². The van der Waals surface area contributed by atoms with Crippen molar-refractivity contribution >= 4 is 22.5 Å². The molecule has 3 aromatic heterocycles. The van der Waals surface area contributed by atoms with Crippen molar-refractivity contribution in [2.45, 2.75) is 45.8 Å². The van der Waals surface area contributed by atoms with Crippen LogP contribution in [0.4, 0.5) is 19.0 Å². The van der Waals surface area contributed by atoms with Crippen LogP contribution in [0.25, 0.3) is 16.6 Å². The predicted molar refractivity (Wildman–Crippen MR) is 159 cm³/mol. The maximum atomic E-state index is 15.0. The molecule has 0 amide bonds. The summed E-state index contributed by atoms with van der Waals surface area (Å²) >= 11 is 0. The summed E-state index contributed by atoms with van der Waals surface area (Å²) in [7, 11) is 0. The van der Waals surface area contributed by atoms with E-state index in [0.29, 0.717) is 28.2 Å². The number of H-pyrrole nitrogens is 1. The number of ketones is 1. The minimum absolute atomic E-state index is 0.0352. The van der Waals surface area contributed by atoms with Crippen LogP contribution in [0, 0.1) is 24.4 Å². The molecule has 0 unspecified atom stereocenters. The summed E-state index contributed by atoms with van der Waals surface area (Å²) < 4.78 is 55.7. The molecule has 0 radical (unpaired) electrons. The van der Waals surface area contributed by atoms with Gasteiger partial charge >= 0.3 is 0 Å². The molecule has 4 heterocycles. The number of aromatic nitrogens is 4. The Labute approximate surface area is 251 Å². The van der Waals surface area contributed by atoms with Crippen LogP contribution in [0.5, 0.6) is 17.4 Å². The van der Waals surface area contributed by atoms with Crippen LogP contribution in [-0.4, -0.2) is 55.7 Å². The van der Waals surface area contributed by atoms with Crippen LogP contribution in [0.2, 0.25) is 0 Å². The Morgan fingerprint density at radius 1 is 1.05 bits per heavy atom. The molecule has 0 saturated carbocycles. The Hall–Kier alpha value is -4.84. The lowest BCUT2D eigenvalue weighted by atomic mass is 10.1. The third-order valence-corrected chi connectivity index (χ3v) is 7.88. The molecule has 9 nitrogen and oxygen atoms in total. The van der Waals surface area contributed by atoms with E-state index in [9.17, 15) is 18.0 Å². The molecule has 3 N–H and O–H groups in total. The number of rotatable bonds is 8. The highest BCUT2D eigenvalue weighted by Gasteiger charge is 2.25. The lowest BCUT2D eigenvalue weighted by molar-refractivity contribution is 0.0817. The molecule has 1 saturated heterocycles. The molecule has 6 rings (SSSR count). The number of aromatic amines is 1. The Kier molecular flexibility index (Phi) is 7.76. The summed E-state index contributed by atoms with van der Waals surface area (Å²) in [5.74, 6) is -3.07. The molecule has 44 heavy (non-hydrogen) atoms. The number of halogens is 3. The number of hydrogen-bond donors (Lipinski definition) is 2. The van der Waals surface area contributed by atoms with Gasteiger partial charge in [0.05, 0.1) is 29.3 Å². The van der Waals surface area contributed by atoms with Crippen molar-refractivity contribution in [2.24, 2.45) is 0 Å². The first-order valence-corrected chi connectivity index (χ1v) is 14.3. The molecule has 228 valence electrons. The highest BCUT2D eigenvalue weighted by Crippen LogP contribution is 2.31. The minimum atomic E-state index is -0.862. The number of carbonyl (C=O) groups is 1. The summed E-state index contributed by atoms with van der Waals surface area (Å²) in [6.07, 6.45) is 4.25. The van der Waals surface area contributed by atoms with Gasteiger partial charge in [0.25, 0.3) is 0 Å². The highest BCUT2D eigenvalue weighted by molar-refractivity contribution is 6.12. The van der Waals surface area contributed by atoms with Gasteiger partial charge in [-0.25, -0.2) is 22.8 Å². The van der Waals surface area contributed by atoms with Crippen LogP contribution in [-0.2, 0) is 0 Å². The maximum absolute atomic E-state index is 15.0. The second-order valence-corrected chi connectivity index (χ2v) is 11.1. The van der Waals surface area contributed by atoms with Gasteiger partial charge in [-0.3, -0.25) is 4.79 Å². The van der Waals surface area contributed by atoms with Crippen LogP contribution in [0.1, 0.15) is 48.3 Å². The number of ether oxygens (including phenoxy) is 2. The minimum Gasteiger partial charge on any atom is -0.487 e. The smallest absolute Gasteiger partial charge is 0.219 e. The van der Waals surface area contributed by atoms with Crippen molar-refractivity contribution in [2.75, 3.05) is 18.8 Å². The van der Waals surface area contributed by atoms with E-state index in [4.69, 9.17) is 15.2 Å². The fourth-order valence-corrected chi connectivity index (χ4v) is 5.39. The normalized spacial score (nSPS) is 14.4. The predicted octanol–water partition coefficient (Wildman–Crippen LogP) is 6.33. The molecular weight excluding hydrogens is 573 g/mol. The average molecular weight is 605 g/mol. The van der Waals surface area contributed by atoms with Crippen LogP contribution >= 0.6 is 0 Å². The highest BCUT2D eigenvalue weighted by atomic mass is 19.1. The zero-order chi connectivity index (χ0) is 31.1. The van der Waals surface area contributed by atoms with Gasteiger partial charge in [-0.05, 0) is 63.4 Å². The average Bonchev–Trinajstić information content (AvgIpc) is 3.58. The van der Waals surface area contributed by atoms with E-state index in [1.807, 2.05) is 0 Å². The quantitative estimate of drug-likeness (QED) is 0.199. The van der Waals surface area contributed by atoms with Gasteiger partial charge in [0.1, 0.15) is 11.9 Å². The summed E-state index contributed by atoms with van der Waals surface area (Å²) in [6.45, 7) is 7.81. The molecule has 0 bridgehead atoms. The molecule has 0 atom stereocenters. The van der Waals surface area contributed by atoms with Crippen molar-refractivity contribution in [3.8, 4) is 23.1 Å². The molecule has 0 aliphatic carbocycles. The number of nitrogen functional groups attached to an aromatic ring is 1. The molecule has 1 fully saturated rings. The Balaban J connectivity index is 1.20. The third-order valence-electron chi connectivity index (χ3n) is 7.88. The number of aryl methyl sites for hydroxylation is 1. The number of nitrogens with two attached hydrogens (primary N) is 1.